The largest absolute Gasteiger partial charge is 0.375 e. The lowest BCUT2D eigenvalue weighted by molar-refractivity contribution is -0.145. The molecular formula is C28H37FN4O3. The van der Waals surface area contributed by atoms with Gasteiger partial charge in [-0.1, -0.05) is 42.5 Å². The van der Waals surface area contributed by atoms with E-state index in [9.17, 15) is 14.0 Å². The van der Waals surface area contributed by atoms with Crippen molar-refractivity contribution in [3.8, 4) is 0 Å². The molecule has 7 nitrogen and oxygen atoms in total. The van der Waals surface area contributed by atoms with Gasteiger partial charge in [-0.05, 0) is 49.1 Å². The van der Waals surface area contributed by atoms with Crippen LogP contribution in [0.1, 0.15) is 24.0 Å². The zero-order valence-corrected chi connectivity index (χ0v) is 21.1. The number of rotatable bonds is 9. The highest BCUT2D eigenvalue weighted by Crippen LogP contribution is 2.26. The maximum atomic E-state index is 13.6. The Morgan fingerprint density at radius 1 is 1.06 bits per heavy atom. The van der Waals surface area contributed by atoms with Gasteiger partial charge in [-0.25, -0.2) is 4.39 Å². The zero-order valence-electron chi connectivity index (χ0n) is 21.1. The van der Waals surface area contributed by atoms with E-state index < -0.39 is 6.04 Å². The lowest BCUT2D eigenvalue weighted by Crippen LogP contribution is -2.49. The summed E-state index contributed by atoms with van der Waals surface area (Å²) in [5.41, 5.74) is 2.24. The number of carbonyl (C=O) groups excluding carboxylic acids is 2. The molecule has 4 rings (SSSR count). The summed E-state index contributed by atoms with van der Waals surface area (Å²) in [5.74, 6) is -0.393. The first-order valence-corrected chi connectivity index (χ1v) is 12.9. The minimum Gasteiger partial charge on any atom is -0.375 e. The Hall–Kier alpha value is -2.81. The van der Waals surface area contributed by atoms with Crippen LogP contribution in [0.5, 0.6) is 0 Å². The van der Waals surface area contributed by atoms with Crippen LogP contribution in [-0.4, -0.2) is 91.6 Å². The van der Waals surface area contributed by atoms with E-state index in [1.165, 1.54) is 24.8 Å². The van der Waals surface area contributed by atoms with Crippen molar-refractivity contribution < 1.29 is 18.7 Å². The molecule has 2 aromatic carbocycles. The van der Waals surface area contributed by atoms with Crippen LogP contribution in [-0.2, 0) is 27.3 Å². The van der Waals surface area contributed by atoms with Gasteiger partial charge in [0, 0.05) is 52.4 Å². The fraction of sp³-hybridized carbons (Fsp3) is 0.500. The first-order chi connectivity index (χ1) is 17.5. The van der Waals surface area contributed by atoms with Gasteiger partial charge in [0.2, 0.25) is 11.8 Å². The third kappa shape index (κ3) is 6.90. The smallest absolute Gasteiger partial charge is 0.249 e. The Morgan fingerprint density at radius 2 is 1.83 bits per heavy atom. The molecule has 2 aliphatic rings. The van der Waals surface area contributed by atoms with E-state index >= 15 is 0 Å². The van der Waals surface area contributed by atoms with Gasteiger partial charge in [-0.15, -0.1) is 0 Å². The molecule has 8 heteroatoms. The highest BCUT2D eigenvalue weighted by atomic mass is 19.1. The van der Waals surface area contributed by atoms with Gasteiger partial charge in [0.1, 0.15) is 18.5 Å². The third-order valence-corrected chi connectivity index (χ3v) is 7.15. The lowest BCUT2D eigenvalue weighted by atomic mass is 10.1. The molecule has 2 unspecified atom stereocenters. The second-order valence-electron chi connectivity index (χ2n) is 9.65. The molecule has 2 amide bonds. The molecule has 0 aliphatic carbocycles. The molecule has 0 bridgehead atoms. The van der Waals surface area contributed by atoms with E-state index in [4.69, 9.17) is 4.74 Å². The van der Waals surface area contributed by atoms with Crippen molar-refractivity contribution >= 4 is 11.8 Å². The van der Waals surface area contributed by atoms with Crippen molar-refractivity contribution in [3.63, 3.8) is 0 Å². The standard InChI is InChI=1S/C28H37FN4O3/c1-36-21-27(34)33-20-25(18-26(33)28(35)31-15-5-13-30-14-17-31)32(16-12-22-6-3-2-4-7-22)19-23-8-10-24(29)11-9-23/h2-4,6-11,25-26,30H,5,12-21H2,1H3. The normalized spacial score (nSPS) is 20.5. The minimum absolute atomic E-state index is 0.0126. The number of hydrogen-bond donors (Lipinski definition) is 1. The van der Waals surface area contributed by atoms with E-state index in [1.807, 2.05) is 23.1 Å². The van der Waals surface area contributed by atoms with Crippen LogP contribution in [0.15, 0.2) is 54.6 Å². The molecule has 0 saturated carbocycles. The number of nitrogens with zero attached hydrogens (tertiary/aromatic N) is 3. The van der Waals surface area contributed by atoms with Crippen molar-refractivity contribution in [2.24, 2.45) is 0 Å². The number of ether oxygens (including phenoxy) is 1. The maximum absolute atomic E-state index is 13.6. The summed E-state index contributed by atoms with van der Waals surface area (Å²) in [6.07, 6.45) is 2.33. The molecule has 194 valence electrons. The Morgan fingerprint density at radius 3 is 2.58 bits per heavy atom. The highest BCUT2D eigenvalue weighted by molar-refractivity contribution is 5.89. The predicted molar refractivity (Wildman–Crippen MR) is 137 cm³/mol. The number of amides is 2. The average molecular weight is 497 g/mol. The number of halogens is 1. The summed E-state index contributed by atoms with van der Waals surface area (Å²) in [6, 6.07) is 16.4. The molecule has 0 spiro atoms. The quantitative estimate of drug-likeness (QED) is 0.577. The SMILES string of the molecule is COCC(=O)N1CC(N(CCc2ccccc2)Cc2ccc(F)cc2)CC1C(=O)N1CCCNCC1. The van der Waals surface area contributed by atoms with Crippen molar-refractivity contribution in [1.82, 2.24) is 20.0 Å². The lowest BCUT2D eigenvalue weighted by Gasteiger charge is -2.29. The summed E-state index contributed by atoms with van der Waals surface area (Å²) in [5, 5.41) is 3.34. The van der Waals surface area contributed by atoms with E-state index in [1.54, 1.807) is 17.0 Å². The molecule has 2 aliphatic heterocycles. The third-order valence-electron chi connectivity index (χ3n) is 7.15. The molecule has 2 saturated heterocycles. The summed E-state index contributed by atoms with van der Waals surface area (Å²) in [6.45, 7) is 4.84. The Kier molecular flexibility index (Phi) is 9.44. The van der Waals surface area contributed by atoms with E-state index in [0.717, 1.165) is 38.0 Å². The first kappa shape index (κ1) is 26.3. The minimum atomic E-state index is -0.497. The van der Waals surface area contributed by atoms with Crippen LogP contribution >= 0.6 is 0 Å². The van der Waals surface area contributed by atoms with Crippen LogP contribution in [0.25, 0.3) is 0 Å². The molecule has 0 aromatic heterocycles. The molecular weight excluding hydrogens is 459 g/mol. The molecule has 0 radical (unpaired) electrons. The van der Waals surface area contributed by atoms with Gasteiger partial charge in [0.05, 0.1) is 0 Å². The molecule has 2 atom stereocenters. The molecule has 2 heterocycles. The fourth-order valence-corrected chi connectivity index (χ4v) is 5.20. The van der Waals surface area contributed by atoms with Gasteiger partial charge in [0.25, 0.3) is 0 Å². The van der Waals surface area contributed by atoms with Crippen molar-refractivity contribution in [2.75, 3.05) is 53.0 Å². The summed E-state index contributed by atoms with van der Waals surface area (Å²) < 4.78 is 18.7. The van der Waals surface area contributed by atoms with Crippen LogP contribution in [0.2, 0.25) is 0 Å². The van der Waals surface area contributed by atoms with Crippen molar-refractivity contribution in [2.45, 2.75) is 37.9 Å². The van der Waals surface area contributed by atoms with E-state index in [2.05, 4.69) is 22.3 Å². The predicted octanol–water partition coefficient (Wildman–Crippen LogP) is 2.31. The van der Waals surface area contributed by atoms with Gasteiger partial charge in [-0.3, -0.25) is 14.5 Å². The van der Waals surface area contributed by atoms with Gasteiger partial charge in [0.15, 0.2) is 0 Å². The average Bonchev–Trinajstić information content (AvgIpc) is 3.16. The number of carbonyl (C=O) groups is 2. The second kappa shape index (κ2) is 12.9. The summed E-state index contributed by atoms with van der Waals surface area (Å²) in [7, 11) is 1.50. The maximum Gasteiger partial charge on any atom is 0.249 e. The van der Waals surface area contributed by atoms with Gasteiger partial charge < -0.3 is 19.9 Å². The molecule has 1 N–H and O–H groups in total. The topological polar surface area (TPSA) is 65.1 Å². The van der Waals surface area contributed by atoms with Crippen molar-refractivity contribution in [1.29, 1.82) is 0 Å². The molecule has 36 heavy (non-hydrogen) atoms. The van der Waals surface area contributed by atoms with Crippen LogP contribution in [0, 0.1) is 5.82 Å². The first-order valence-electron chi connectivity index (χ1n) is 12.9. The van der Waals surface area contributed by atoms with Crippen LogP contribution < -0.4 is 5.32 Å². The number of nitrogens with one attached hydrogen (secondary N) is 1. The zero-order chi connectivity index (χ0) is 25.3. The number of likely N-dealkylation sites (tertiary alicyclic amines) is 1. The Balaban J connectivity index is 1.54. The monoisotopic (exact) mass is 496 g/mol. The highest BCUT2D eigenvalue weighted by Gasteiger charge is 2.43. The molecule has 2 fully saturated rings. The number of benzene rings is 2. The van der Waals surface area contributed by atoms with E-state index in [-0.39, 0.29) is 30.3 Å². The Labute approximate surface area is 213 Å². The number of hydrogen-bond acceptors (Lipinski definition) is 5. The summed E-state index contributed by atoms with van der Waals surface area (Å²) in [4.78, 5) is 32.6. The second-order valence-corrected chi connectivity index (χ2v) is 9.65. The fourth-order valence-electron chi connectivity index (χ4n) is 5.20. The number of methoxy groups -OCH3 is 1. The van der Waals surface area contributed by atoms with Crippen molar-refractivity contribution in [3.05, 3.63) is 71.5 Å². The van der Waals surface area contributed by atoms with E-state index in [0.29, 0.717) is 32.6 Å². The van der Waals surface area contributed by atoms with Gasteiger partial charge >= 0.3 is 0 Å². The Bertz CT molecular complexity index is 980. The van der Waals surface area contributed by atoms with Gasteiger partial charge in [-0.2, -0.15) is 0 Å². The van der Waals surface area contributed by atoms with Crippen LogP contribution in [0.4, 0.5) is 4.39 Å². The van der Waals surface area contributed by atoms with Crippen LogP contribution in [0.3, 0.4) is 0 Å². The molecule has 2 aromatic rings. The summed E-state index contributed by atoms with van der Waals surface area (Å²) >= 11 is 0.